The Balaban J connectivity index is 2.91. The van der Waals surface area contributed by atoms with Gasteiger partial charge in [0.05, 0.1) is 11.5 Å². The summed E-state index contributed by atoms with van der Waals surface area (Å²) < 4.78 is 28.0. The molecule has 5 nitrogen and oxygen atoms in total. The molecule has 0 radical (unpaired) electrons. The van der Waals surface area contributed by atoms with Crippen molar-refractivity contribution in [1.29, 1.82) is 0 Å². The van der Waals surface area contributed by atoms with Crippen LogP contribution >= 0.6 is 0 Å². The summed E-state index contributed by atoms with van der Waals surface area (Å²) in [6.45, 7) is 1.14. The summed E-state index contributed by atoms with van der Waals surface area (Å²) in [5.74, 6) is -0.211. The van der Waals surface area contributed by atoms with Crippen LogP contribution in [0.1, 0.15) is 23.7 Å². The van der Waals surface area contributed by atoms with Crippen molar-refractivity contribution in [3.8, 4) is 0 Å². The fourth-order valence-corrected chi connectivity index (χ4v) is 2.16. The number of hydrogen-bond donors (Lipinski definition) is 1. The van der Waals surface area contributed by atoms with Gasteiger partial charge in [-0.1, -0.05) is 12.1 Å². The van der Waals surface area contributed by atoms with Crippen LogP contribution in [0.4, 0.5) is 0 Å². The van der Waals surface area contributed by atoms with Crippen LogP contribution in [0.25, 0.3) is 0 Å². The van der Waals surface area contributed by atoms with Crippen molar-refractivity contribution in [1.82, 2.24) is 0 Å². The molecule has 0 spiro atoms. The molecular formula is C11H14O5S. The minimum Gasteiger partial charge on any atom is -0.396 e. The van der Waals surface area contributed by atoms with Crippen LogP contribution < -0.4 is 0 Å². The molecule has 1 N–H and O–H groups in total. The maximum atomic E-state index is 11.7. The zero-order valence-electron chi connectivity index (χ0n) is 9.42. The Hall–Kier alpha value is -1.24. The van der Waals surface area contributed by atoms with Crippen LogP contribution in [-0.4, -0.2) is 32.5 Å². The Labute approximate surface area is 100 Å². The summed E-state index contributed by atoms with van der Waals surface area (Å²) in [4.78, 5) is 11.1. The molecule has 1 aromatic rings. The molecule has 0 bridgehead atoms. The van der Waals surface area contributed by atoms with E-state index in [2.05, 4.69) is 0 Å². The number of ketones is 1. The lowest BCUT2D eigenvalue weighted by Crippen LogP contribution is -2.09. The van der Waals surface area contributed by atoms with Gasteiger partial charge in [-0.15, -0.1) is 0 Å². The van der Waals surface area contributed by atoms with Crippen molar-refractivity contribution >= 4 is 15.9 Å². The minimum atomic E-state index is -3.85. The minimum absolute atomic E-state index is 0.0526. The number of rotatable bonds is 6. The maximum absolute atomic E-state index is 11.7. The average Bonchev–Trinajstić information content (AvgIpc) is 2.29. The predicted octanol–water partition coefficient (Wildman–Crippen LogP) is 0.977. The van der Waals surface area contributed by atoms with E-state index in [4.69, 9.17) is 9.29 Å². The lowest BCUT2D eigenvalue weighted by Gasteiger charge is -2.05. The highest BCUT2D eigenvalue weighted by atomic mass is 32.2. The Morgan fingerprint density at radius 2 is 2.12 bits per heavy atom. The Bertz CT molecular complexity index is 492. The van der Waals surface area contributed by atoms with Crippen molar-refractivity contribution in [2.75, 3.05) is 13.2 Å². The Kier molecular flexibility index (Phi) is 4.80. The summed E-state index contributed by atoms with van der Waals surface area (Å²) in [5.41, 5.74) is 0.317. The number of aliphatic hydroxyl groups excluding tert-OH is 1. The molecule has 6 heteroatoms. The van der Waals surface area contributed by atoms with Crippen LogP contribution in [0.15, 0.2) is 29.2 Å². The first-order valence-electron chi connectivity index (χ1n) is 5.08. The molecule has 94 valence electrons. The Morgan fingerprint density at radius 3 is 2.71 bits per heavy atom. The van der Waals surface area contributed by atoms with Crippen molar-refractivity contribution < 1.29 is 22.5 Å². The van der Waals surface area contributed by atoms with Gasteiger partial charge in [0.15, 0.2) is 5.78 Å². The molecule has 0 amide bonds. The first-order chi connectivity index (χ1) is 7.97. The monoisotopic (exact) mass is 258 g/mol. The normalized spacial score (nSPS) is 11.4. The van der Waals surface area contributed by atoms with Crippen molar-refractivity contribution in [2.45, 2.75) is 18.2 Å². The topological polar surface area (TPSA) is 80.7 Å². The molecule has 0 aliphatic heterocycles. The van der Waals surface area contributed by atoms with E-state index in [1.165, 1.54) is 31.2 Å². The number of benzene rings is 1. The van der Waals surface area contributed by atoms with Gasteiger partial charge in [0.25, 0.3) is 10.1 Å². The number of carbonyl (C=O) groups is 1. The fraction of sp³-hybridized carbons (Fsp3) is 0.364. The third-order valence-electron chi connectivity index (χ3n) is 2.07. The second kappa shape index (κ2) is 5.90. The van der Waals surface area contributed by atoms with E-state index < -0.39 is 10.1 Å². The SMILES string of the molecule is CC(=O)c1cccc(S(=O)(=O)OCCCO)c1. The van der Waals surface area contributed by atoms with E-state index >= 15 is 0 Å². The van der Waals surface area contributed by atoms with Crippen LogP contribution in [0, 0.1) is 0 Å². The molecule has 1 rings (SSSR count). The van der Waals surface area contributed by atoms with E-state index in [0.29, 0.717) is 5.56 Å². The van der Waals surface area contributed by atoms with Gasteiger partial charge in [-0.25, -0.2) is 0 Å². The van der Waals surface area contributed by atoms with Crippen LogP contribution in [0.2, 0.25) is 0 Å². The van der Waals surface area contributed by atoms with Crippen LogP contribution in [-0.2, 0) is 14.3 Å². The van der Waals surface area contributed by atoms with Crippen molar-refractivity contribution in [2.24, 2.45) is 0 Å². The molecule has 0 aliphatic rings. The molecule has 0 atom stereocenters. The summed E-state index contributed by atoms with van der Waals surface area (Å²) in [7, 11) is -3.85. The average molecular weight is 258 g/mol. The zero-order chi connectivity index (χ0) is 12.9. The van der Waals surface area contributed by atoms with Gasteiger partial charge in [0, 0.05) is 12.2 Å². The lowest BCUT2D eigenvalue weighted by atomic mass is 10.2. The van der Waals surface area contributed by atoms with E-state index in [-0.39, 0.29) is 30.3 Å². The first-order valence-corrected chi connectivity index (χ1v) is 6.49. The quantitative estimate of drug-likeness (QED) is 0.467. The molecule has 17 heavy (non-hydrogen) atoms. The summed E-state index contributed by atoms with van der Waals surface area (Å²) in [6, 6.07) is 5.66. The van der Waals surface area contributed by atoms with E-state index in [0.717, 1.165) is 0 Å². The fourth-order valence-electron chi connectivity index (χ4n) is 1.17. The van der Waals surface area contributed by atoms with Gasteiger partial charge < -0.3 is 5.11 Å². The number of hydrogen-bond acceptors (Lipinski definition) is 5. The van der Waals surface area contributed by atoms with Gasteiger partial charge in [-0.05, 0) is 25.5 Å². The van der Waals surface area contributed by atoms with Gasteiger partial charge in [0.1, 0.15) is 0 Å². The predicted molar refractivity (Wildman–Crippen MR) is 61.3 cm³/mol. The third-order valence-corrected chi connectivity index (χ3v) is 3.38. The first kappa shape index (κ1) is 13.8. The largest absolute Gasteiger partial charge is 0.396 e. The second-order valence-corrected chi connectivity index (χ2v) is 5.05. The van der Waals surface area contributed by atoms with E-state index in [1.807, 2.05) is 0 Å². The maximum Gasteiger partial charge on any atom is 0.296 e. The van der Waals surface area contributed by atoms with Crippen LogP contribution in [0.5, 0.6) is 0 Å². The van der Waals surface area contributed by atoms with E-state index in [1.54, 1.807) is 0 Å². The molecule has 1 aromatic carbocycles. The highest BCUT2D eigenvalue weighted by molar-refractivity contribution is 7.86. The Morgan fingerprint density at radius 1 is 1.41 bits per heavy atom. The number of aliphatic hydroxyl groups is 1. The van der Waals surface area contributed by atoms with E-state index in [9.17, 15) is 13.2 Å². The highest BCUT2D eigenvalue weighted by Crippen LogP contribution is 2.14. The van der Waals surface area contributed by atoms with Gasteiger partial charge >= 0.3 is 0 Å². The number of Topliss-reactive ketones (excluding diaryl/α,β-unsaturated/α-hetero) is 1. The highest BCUT2D eigenvalue weighted by Gasteiger charge is 2.15. The van der Waals surface area contributed by atoms with Gasteiger partial charge in [-0.2, -0.15) is 8.42 Å². The molecule has 0 heterocycles. The van der Waals surface area contributed by atoms with Crippen molar-refractivity contribution in [3.05, 3.63) is 29.8 Å². The molecular weight excluding hydrogens is 244 g/mol. The van der Waals surface area contributed by atoms with Crippen molar-refractivity contribution in [3.63, 3.8) is 0 Å². The third kappa shape index (κ3) is 3.92. The van der Waals surface area contributed by atoms with Crippen LogP contribution in [0.3, 0.4) is 0 Å². The molecule has 0 aromatic heterocycles. The molecule has 0 fully saturated rings. The summed E-state index contributed by atoms with van der Waals surface area (Å²) in [5, 5.41) is 8.53. The molecule has 0 unspecified atom stereocenters. The van der Waals surface area contributed by atoms with Gasteiger partial charge in [-0.3, -0.25) is 8.98 Å². The molecule has 0 saturated carbocycles. The standard InChI is InChI=1S/C11H14O5S/c1-9(13)10-4-2-5-11(8-10)17(14,15)16-7-3-6-12/h2,4-5,8,12H,3,6-7H2,1H3. The smallest absolute Gasteiger partial charge is 0.296 e. The molecule has 0 saturated heterocycles. The zero-order valence-corrected chi connectivity index (χ0v) is 10.2. The lowest BCUT2D eigenvalue weighted by molar-refractivity contribution is 0.101. The molecule has 0 aliphatic carbocycles. The summed E-state index contributed by atoms with van der Waals surface area (Å²) in [6.07, 6.45) is 0.242. The summed E-state index contributed by atoms with van der Waals surface area (Å²) >= 11 is 0. The van der Waals surface area contributed by atoms with Gasteiger partial charge in [0.2, 0.25) is 0 Å². The second-order valence-electron chi connectivity index (χ2n) is 3.44. The number of carbonyl (C=O) groups excluding carboxylic acids is 1.